The Balaban J connectivity index is 1.38. The molecular formula is C19H14N8O. The lowest BCUT2D eigenvalue weighted by Gasteiger charge is -2.35. The lowest BCUT2D eigenvalue weighted by atomic mass is 10.0. The summed E-state index contributed by atoms with van der Waals surface area (Å²) in [5.74, 6) is 0.439. The lowest BCUT2D eigenvalue weighted by Crippen LogP contribution is -2.49. The number of aromatic nitrogens is 6. The number of likely N-dealkylation sites (tertiary alicyclic amines) is 1. The van der Waals surface area contributed by atoms with Crippen LogP contribution in [0.25, 0.3) is 28.1 Å². The number of hydrogen-bond acceptors (Lipinski definition) is 6. The molecule has 136 valence electrons. The molecule has 1 saturated heterocycles. The van der Waals surface area contributed by atoms with Crippen LogP contribution in [0.2, 0.25) is 0 Å². The highest BCUT2D eigenvalue weighted by Crippen LogP contribution is 2.25. The normalized spacial score (nSPS) is 14.0. The quantitative estimate of drug-likeness (QED) is 0.588. The Labute approximate surface area is 159 Å². The first-order valence-electron chi connectivity index (χ1n) is 8.71. The van der Waals surface area contributed by atoms with Crippen molar-refractivity contribution in [3.05, 3.63) is 54.9 Å². The van der Waals surface area contributed by atoms with Crippen LogP contribution in [-0.2, 0) is 0 Å². The molecule has 9 heteroatoms. The molecule has 5 rings (SSSR count). The van der Waals surface area contributed by atoms with Crippen molar-refractivity contribution in [3.8, 4) is 23.0 Å². The Hall–Kier alpha value is -4.06. The number of aromatic amines is 1. The Morgan fingerprint density at radius 3 is 2.86 bits per heavy atom. The van der Waals surface area contributed by atoms with E-state index in [0.717, 1.165) is 16.6 Å². The first kappa shape index (κ1) is 16.1. The molecule has 0 spiro atoms. The molecule has 0 radical (unpaired) electrons. The first-order valence-corrected chi connectivity index (χ1v) is 8.71. The summed E-state index contributed by atoms with van der Waals surface area (Å²) in [6.45, 7) is 0.960. The molecule has 9 nitrogen and oxygen atoms in total. The zero-order chi connectivity index (χ0) is 19.1. The van der Waals surface area contributed by atoms with Crippen molar-refractivity contribution in [3.63, 3.8) is 0 Å². The number of rotatable bonds is 3. The molecule has 4 aromatic rings. The maximum Gasteiger partial charge on any atom is 0.255 e. The van der Waals surface area contributed by atoms with E-state index in [1.54, 1.807) is 40.4 Å². The second-order valence-electron chi connectivity index (χ2n) is 6.57. The number of pyridine rings is 2. The highest BCUT2D eigenvalue weighted by atomic mass is 16.2. The highest BCUT2D eigenvalue weighted by molar-refractivity contribution is 5.94. The number of hydrogen-bond donors (Lipinski definition) is 1. The molecule has 0 atom stereocenters. The van der Waals surface area contributed by atoms with Crippen molar-refractivity contribution < 1.29 is 4.79 Å². The molecule has 1 aliphatic rings. The number of nitriles is 1. The summed E-state index contributed by atoms with van der Waals surface area (Å²) in [6.07, 6.45) is 8.48. The molecule has 4 aromatic heterocycles. The highest BCUT2D eigenvalue weighted by Gasteiger charge is 2.31. The van der Waals surface area contributed by atoms with Crippen LogP contribution in [0.1, 0.15) is 10.4 Å². The maximum atomic E-state index is 12.4. The third kappa shape index (κ3) is 2.59. The van der Waals surface area contributed by atoms with E-state index in [0.29, 0.717) is 30.1 Å². The molecule has 1 amide bonds. The third-order valence-corrected chi connectivity index (χ3v) is 4.80. The van der Waals surface area contributed by atoms with Gasteiger partial charge in [-0.1, -0.05) is 0 Å². The van der Waals surface area contributed by atoms with Crippen molar-refractivity contribution in [1.82, 2.24) is 34.6 Å². The van der Waals surface area contributed by atoms with E-state index in [2.05, 4.69) is 31.1 Å². The topological polar surface area (TPSA) is 116 Å². The minimum Gasteiger partial charge on any atom is -0.343 e. The molecule has 0 saturated carbocycles. The summed E-state index contributed by atoms with van der Waals surface area (Å²) in [5, 5.41) is 13.2. The molecule has 5 heterocycles. The van der Waals surface area contributed by atoms with Gasteiger partial charge in [-0.15, -0.1) is 0 Å². The monoisotopic (exact) mass is 370 g/mol. The number of amides is 1. The number of fused-ring (bicyclic) bond motifs is 1. The first-order chi connectivity index (χ1) is 13.7. The van der Waals surface area contributed by atoms with E-state index >= 15 is 0 Å². The van der Waals surface area contributed by atoms with Crippen molar-refractivity contribution >= 4 is 17.1 Å². The van der Waals surface area contributed by atoms with Crippen LogP contribution >= 0.6 is 0 Å². The molecule has 0 unspecified atom stereocenters. The SMILES string of the molecule is N#CC1CN(C(=O)c2ccc(-n3cc(-c4ccnc5nc[nH]c45)cn3)nc2)C1. The van der Waals surface area contributed by atoms with Gasteiger partial charge in [0.05, 0.1) is 35.6 Å². The molecule has 1 aliphatic heterocycles. The second-order valence-corrected chi connectivity index (χ2v) is 6.57. The van der Waals surface area contributed by atoms with Gasteiger partial charge in [-0.2, -0.15) is 10.4 Å². The van der Waals surface area contributed by atoms with Gasteiger partial charge in [-0.3, -0.25) is 4.79 Å². The Morgan fingerprint density at radius 1 is 1.18 bits per heavy atom. The standard InChI is InChI=1S/C19H14N8O/c20-5-12-8-26(9-12)19(28)13-1-2-16(22-6-13)27-10-14(7-25-27)15-3-4-21-18-17(15)23-11-24-18/h1-4,6-7,10-12H,8-9H2,(H,21,23,24). The summed E-state index contributed by atoms with van der Waals surface area (Å²) >= 11 is 0. The van der Waals surface area contributed by atoms with Gasteiger partial charge >= 0.3 is 0 Å². The average molecular weight is 370 g/mol. The van der Waals surface area contributed by atoms with E-state index in [1.807, 2.05) is 12.3 Å². The third-order valence-electron chi connectivity index (χ3n) is 4.80. The number of H-pyrrole nitrogens is 1. The lowest BCUT2D eigenvalue weighted by molar-refractivity contribution is 0.0577. The minimum absolute atomic E-state index is 0.0618. The molecule has 0 aromatic carbocycles. The fourth-order valence-corrected chi connectivity index (χ4v) is 3.23. The van der Waals surface area contributed by atoms with Gasteiger partial charge in [0.25, 0.3) is 5.91 Å². The Morgan fingerprint density at radius 2 is 2.07 bits per heavy atom. The summed E-state index contributed by atoms with van der Waals surface area (Å²) in [4.78, 5) is 29.9. The Bertz CT molecular complexity index is 1210. The Kier molecular flexibility index (Phi) is 3.62. The second kappa shape index (κ2) is 6.28. The van der Waals surface area contributed by atoms with Crippen LogP contribution in [-0.4, -0.2) is 53.6 Å². The van der Waals surface area contributed by atoms with Crippen molar-refractivity contribution in [2.24, 2.45) is 5.92 Å². The van der Waals surface area contributed by atoms with E-state index in [4.69, 9.17) is 5.26 Å². The summed E-state index contributed by atoms with van der Waals surface area (Å²) in [6, 6.07) is 7.55. The molecule has 1 N–H and O–H groups in total. The van der Waals surface area contributed by atoms with Gasteiger partial charge in [-0.05, 0) is 18.2 Å². The van der Waals surface area contributed by atoms with Crippen LogP contribution in [0.15, 0.2) is 49.3 Å². The number of carbonyl (C=O) groups is 1. The molecule has 1 fully saturated rings. The van der Waals surface area contributed by atoms with E-state index < -0.39 is 0 Å². The molecule has 28 heavy (non-hydrogen) atoms. The van der Waals surface area contributed by atoms with E-state index in [1.165, 1.54) is 6.20 Å². The fraction of sp³-hybridized carbons (Fsp3) is 0.158. The summed E-state index contributed by atoms with van der Waals surface area (Å²) in [5.41, 5.74) is 3.85. The van der Waals surface area contributed by atoms with E-state index in [-0.39, 0.29) is 11.8 Å². The van der Waals surface area contributed by atoms with Crippen LogP contribution in [0.3, 0.4) is 0 Å². The predicted octanol–water partition coefficient (Wildman–Crippen LogP) is 1.80. The van der Waals surface area contributed by atoms with Gasteiger partial charge in [0.1, 0.15) is 0 Å². The molecular weight excluding hydrogens is 356 g/mol. The minimum atomic E-state index is -0.106. The van der Waals surface area contributed by atoms with Gasteiger partial charge in [-0.25, -0.2) is 19.6 Å². The van der Waals surface area contributed by atoms with Gasteiger partial charge in [0, 0.05) is 42.8 Å². The smallest absolute Gasteiger partial charge is 0.255 e. The van der Waals surface area contributed by atoms with Gasteiger partial charge in [0.15, 0.2) is 11.5 Å². The number of nitrogens with zero attached hydrogens (tertiary/aromatic N) is 7. The summed E-state index contributed by atoms with van der Waals surface area (Å²) in [7, 11) is 0. The van der Waals surface area contributed by atoms with Crippen molar-refractivity contribution in [2.45, 2.75) is 0 Å². The largest absolute Gasteiger partial charge is 0.343 e. The van der Waals surface area contributed by atoms with Gasteiger partial charge in [0.2, 0.25) is 0 Å². The summed E-state index contributed by atoms with van der Waals surface area (Å²) < 4.78 is 1.65. The number of nitrogens with one attached hydrogen (secondary N) is 1. The molecule has 0 aliphatic carbocycles. The zero-order valence-electron chi connectivity index (χ0n) is 14.6. The van der Waals surface area contributed by atoms with Gasteiger partial charge < -0.3 is 9.88 Å². The molecule has 0 bridgehead atoms. The zero-order valence-corrected chi connectivity index (χ0v) is 14.6. The predicted molar refractivity (Wildman–Crippen MR) is 99.2 cm³/mol. The van der Waals surface area contributed by atoms with Crippen LogP contribution in [0.4, 0.5) is 0 Å². The van der Waals surface area contributed by atoms with Crippen molar-refractivity contribution in [2.75, 3.05) is 13.1 Å². The number of imidazole rings is 1. The van der Waals surface area contributed by atoms with Crippen LogP contribution in [0, 0.1) is 17.2 Å². The average Bonchev–Trinajstić information content (AvgIpc) is 3.36. The van der Waals surface area contributed by atoms with Crippen LogP contribution < -0.4 is 0 Å². The number of carbonyl (C=O) groups excluding carboxylic acids is 1. The van der Waals surface area contributed by atoms with Crippen LogP contribution in [0.5, 0.6) is 0 Å². The fourth-order valence-electron chi connectivity index (χ4n) is 3.23. The van der Waals surface area contributed by atoms with E-state index in [9.17, 15) is 4.79 Å². The van der Waals surface area contributed by atoms with Crippen molar-refractivity contribution in [1.29, 1.82) is 5.26 Å². The maximum absolute atomic E-state index is 12.4.